The van der Waals surface area contributed by atoms with Crippen LogP contribution in [-0.4, -0.2) is 51.5 Å². The molecule has 6 nitrogen and oxygen atoms in total. The van der Waals surface area contributed by atoms with Crippen LogP contribution in [0.2, 0.25) is 0 Å². The third-order valence-corrected chi connectivity index (χ3v) is 6.19. The molecular weight excluding hydrogens is 388 g/mol. The lowest BCUT2D eigenvalue weighted by atomic mass is 10.2. The molecule has 1 N–H and O–H groups in total. The van der Waals surface area contributed by atoms with Crippen LogP contribution in [0.5, 0.6) is 0 Å². The van der Waals surface area contributed by atoms with Crippen LogP contribution in [0.4, 0.5) is 0 Å². The predicted octanol–water partition coefficient (Wildman–Crippen LogP) is 1.89. The zero-order valence-corrected chi connectivity index (χ0v) is 16.7. The number of morpholine rings is 1. The van der Waals surface area contributed by atoms with Crippen molar-refractivity contribution in [3.05, 3.63) is 71.8 Å². The summed E-state index contributed by atoms with van der Waals surface area (Å²) in [7, 11) is -3.51. The summed E-state index contributed by atoms with van der Waals surface area (Å²) in [6, 6.07) is 16.0. The van der Waals surface area contributed by atoms with Crippen LogP contribution in [0, 0.1) is 11.8 Å². The molecule has 1 aliphatic heterocycles. The topological polar surface area (TPSA) is 75.7 Å². The third kappa shape index (κ3) is 6.03. The molecule has 0 saturated carbocycles. The molecule has 1 heterocycles. The summed E-state index contributed by atoms with van der Waals surface area (Å²) in [5.74, 6) is 5.59. The van der Waals surface area contributed by atoms with Gasteiger partial charge in [-0.15, -0.1) is 0 Å². The molecule has 0 aliphatic carbocycles. The van der Waals surface area contributed by atoms with E-state index in [0.717, 1.165) is 11.1 Å². The molecule has 0 radical (unpaired) electrons. The molecule has 7 heteroatoms. The highest BCUT2D eigenvalue weighted by atomic mass is 32.2. The van der Waals surface area contributed by atoms with Crippen molar-refractivity contribution in [2.45, 2.75) is 4.90 Å². The number of hydrogen-bond acceptors (Lipinski definition) is 4. The summed E-state index contributed by atoms with van der Waals surface area (Å²) in [5, 5.41) is 2.69. The fraction of sp³-hybridized carbons (Fsp3) is 0.227. The summed E-state index contributed by atoms with van der Waals surface area (Å²) in [6.07, 6.45) is 3.03. The van der Waals surface area contributed by atoms with Crippen molar-refractivity contribution in [3.8, 4) is 11.8 Å². The molecule has 1 aliphatic rings. The van der Waals surface area contributed by atoms with Crippen molar-refractivity contribution in [2.24, 2.45) is 0 Å². The monoisotopic (exact) mass is 410 g/mol. The molecule has 0 bridgehead atoms. The van der Waals surface area contributed by atoms with Crippen LogP contribution < -0.4 is 5.32 Å². The molecule has 0 unspecified atom stereocenters. The van der Waals surface area contributed by atoms with Crippen LogP contribution in [0.1, 0.15) is 11.1 Å². The predicted molar refractivity (Wildman–Crippen MR) is 111 cm³/mol. The lowest BCUT2D eigenvalue weighted by Gasteiger charge is -2.26. The van der Waals surface area contributed by atoms with Gasteiger partial charge in [0.15, 0.2) is 0 Å². The smallest absolute Gasteiger partial charge is 0.244 e. The van der Waals surface area contributed by atoms with E-state index in [1.54, 1.807) is 30.3 Å². The van der Waals surface area contributed by atoms with E-state index in [0.29, 0.717) is 26.3 Å². The molecule has 3 rings (SSSR count). The van der Waals surface area contributed by atoms with Gasteiger partial charge in [-0.2, -0.15) is 4.31 Å². The van der Waals surface area contributed by atoms with Crippen molar-refractivity contribution >= 4 is 22.0 Å². The number of carbonyl (C=O) groups excluding carboxylic acids is 1. The molecule has 0 spiro atoms. The van der Waals surface area contributed by atoms with Crippen LogP contribution in [0.25, 0.3) is 6.08 Å². The molecule has 2 aromatic carbocycles. The lowest BCUT2D eigenvalue weighted by Crippen LogP contribution is -2.40. The number of rotatable bonds is 5. The van der Waals surface area contributed by atoms with E-state index in [1.165, 1.54) is 10.4 Å². The Morgan fingerprint density at radius 3 is 2.45 bits per heavy atom. The highest BCUT2D eigenvalue weighted by Crippen LogP contribution is 2.18. The van der Waals surface area contributed by atoms with E-state index in [1.807, 2.05) is 30.3 Å². The normalized spacial score (nSPS) is 14.9. The number of amides is 1. The van der Waals surface area contributed by atoms with Gasteiger partial charge in [0.05, 0.1) is 24.7 Å². The molecule has 1 amide bonds. The largest absolute Gasteiger partial charge is 0.379 e. The minimum atomic E-state index is -3.51. The number of hydrogen-bond donors (Lipinski definition) is 1. The maximum Gasteiger partial charge on any atom is 0.244 e. The molecule has 2 aromatic rings. The average molecular weight is 410 g/mol. The second-order valence-electron chi connectivity index (χ2n) is 6.30. The van der Waals surface area contributed by atoms with Crippen molar-refractivity contribution in [3.63, 3.8) is 0 Å². The van der Waals surface area contributed by atoms with Gasteiger partial charge in [0.1, 0.15) is 0 Å². The summed E-state index contributed by atoms with van der Waals surface area (Å²) in [5.41, 5.74) is 1.63. The van der Waals surface area contributed by atoms with E-state index in [-0.39, 0.29) is 17.3 Å². The van der Waals surface area contributed by atoms with E-state index in [2.05, 4.69) is 17.2 Å². The Hall–Kier alpha value is -2.92. The minimum Gasteiger partial charge on any atom is -0.379 e. The average Bonchev–Trinajstić information content (AvgIpc) is 2.77. The second kappa shape index (κ2) is 10.0. The number of ether oxygens (including phenoxy) is 1. The lowest BCUT2D eigenvalue weighted by molar-refractivity contribution is -0.116. The van der Waals surface area contributed by atoms with Gasteiger partial charge in [0.2, 0.25) is 15.9 Å². The number of nitrogens with one attached hydrogen (secondary N) is 1. The zero-order valence-electron chi connectivity index (χ0n) is 15.9. The van der Waals surface area contributed by atoms with E-state index in [9.17, 15) is 13.2 Å². The molecule has 1 fully saturated rings. The van der Waals surface area contributed by atoms with Gasteiger partial charge in [-0.25, -0.2) is 8.42 Å². The molecule has 1 saturated heterocycles. The van der Waals surface area contributed by atoms with Crippen LogP contribution in [-0.2, 0) is 19.6 Å². The Bertz CT molecular complexity index is 1010. The Morgan fingerprint density at radius 2 is 1.76 bits per heavy atom. The van der Waals surface area contributed by atoms with Crippen molar-refractivity contribution < 1.29 is 17.9 Å². The van der Waals surface area contributed by atoms with E-state index in [4.69, 9.17) is 4.74 Å². The van der Waals surface area contributed by atoms with Crippen LogP contribution in [0.3, 0.4) is 0 Å². The SMILES string of the molecule is O=C(/C=C/c1ccc(S(=O)(=O)N2CCOCC2)cc1)NCC#Cc1ccccc1. The fourth-order valence-electron chi connectivity index (χ4n) is 2.72. The van der Waals surface area contributed by atoms with Gasteiger partial charge in [-0.3, -0.25) is 4.79 Å². The first-order valence-electron chi connectivity index (χ1n) is 9.23. The quantitative estimate of drug-likeness (QED) is 0.603. The fourth-order valence-corrected chi connectivity index (χ4v) is 4.12. The van der Waals surface area contributed by atoms with Gasteiger partial charge >= 0.3 is 0 Å². The van der Waals surface area contributed by atoms with Gasteiger partial charge in [0, 0.05) is 24.7 Å². The Morgan fingerprint density at radius 1 is 1.07 bits per heavy atom. The number of carbonyl (C=O) groups is 1. The molecular formula is C22H22N2O4S. The summed E-state index contributed by atoms with van der Waals surface area (Å²) in [4.78, 5) is 12.1. The van der Waals surface area contributed by atoms with Gasteiger partial charge in [-0.1, -0.05) is 42.2 Å². The Balaban J connectivity index is 1.53. The first kappa shape index (κ1) is 20.8. The maximum atomic E-state index is 12.6. The Labute approximate surface area is 171 Å². The van der Waals surface area contributed by atoms with Crippen molar-refractivity contribution in [2.75, 3.05) is 32.8 Å². The van der Waals surface area contributed by atoms with E-state index < -0.39 is 10.0 Å². The first-order valence-corrected chi connectivity index (χ1v) is 10.7. The summed E-state index contributed by atoms with van der Waals surface area (Å²) in [6.45, 7) is 1.78. The number of benzene rings is 2. The highest BCUT2D eigenvalue weighted by molar-refractivity contribution is 7.89. The molecule has 29 heavy (non-hydrogen) atoms. The molecule has 0 atom stereocenters. The standard InChI is InChI=1S/C22H22N2O4S/c25-22(23-14-4-7-19-5-2-1-3-6-19)13-10-20-8-11-21(12-9-20)29(26,27)24-15-17-28-18-16-24/h1-3,5-6,8-13H,14-18H2,(H,23,25)/b13-10+. The van der Waals surface area contributed by atoms with Gasteiger partial charge < -0.3 is 10.1 Å². The second-order valence-corrected chi connectivity index (χ2v) is 8.24. The van der Waals surface area contributed by atoms with Crippen LogP contribution >= 0.6 is 0 Å². The third-order valence-electron chi connectivity index (χ3n) is 4.27. The van der Waals surface area contributed by atoms with Gasteiger partial charge in [0.25, 0.3) is 0 Å². The van der Waals surface area contributed by atoms with Crippen LogP contribution in [0.15, 0.2) is 65.6 Å². The highest BCUT2D eigenvalue weighted by Gasteiger charge is 2.25. The summed E-state index contributed by atoms with van der Waals surface area (Å²) >= 11 is 0. The molecule has 0 aromatic heterocycles. The van der Waals surface area contributed by atoms with Crippen molar-refractivity contribution in [1.82, 2.24) is 9.62 Å². The number of sulfonamides is 1. The maximum absolute atomic E-state index is 12.6. The molecule has 150 valence electrons. The Kier molecular flexibility index (Phi) is 7.19. The number of nitrogens with zero attached hydrogens (tertiary/aromatic N) is 1. The summed E-state index contributed by atoms with van der Waals surface area (Å²) < 4.78 is 31.8. The van der Waals surface area contributed by atoms with E-state index >= 15 is 0 Å². The van der Waals surface area contributed by atoms with Crippen molar-refractivity contribution in [1.29, 1.82) is 0 Å². The minimum absolute atomic E-state index is 0.234. The zero-order chi connectivity index (χ0) is 20.5. The van der Waals surface area contributed by atoms with Gasteiger partial charge in [-0.05, 0) is 35.9 Å². The first-order chi connectivity index (χ1) is 14.1.